The van der Waals surface area contributed by atoms with E-state index in [-0.39, 0.29) is 16.7 Å². The van der Waals surface area contributed by atoms with Crippen molar-refractivity contribution in [2.45, 2.75) is 0 Å². The van der Waals surface area contributed by atoms with Gasteiger partial charge < -0.3 is 11.1 Å². The van der Waals surface area contributed by atoms with Crippen LogP contribution in [0.15, 0.2) is 28.7 Å². The second-order valence-corrected chi connectivity index (χ2v) is 5.10. The number of anilines is 3. The summed E-state index contributed by atoms with van der Waals surface area (Å²) in [4.78, 5) is 4.00. The number of nitrogens with zero attached hydrogens (tertiary/aromatic N) is 1. The Hall–Kier alpha value is -1.04. The lowest BCUT2D eigenvalue weighted by Crippen LogP contribution is -2.00. The molecule has 0 unspecified atom stereocenters. The van der Waals surface area contributed by atoms with Gasteiger partial charge in [0.15, 0.2) is 5.82 Å². The summed E-state index contributed by atoms with van der Waals surface area (Å²) < 4.78 is 13.8. The SMILES string of the molecule is Nc1nc(Nc2cc(F)ccc2Br)c(Cl)cc1Cl. The molecule has 0 bridgehead atoms. The molecular formula is C11H7BrCl2FN3. The fraction of sp³-hybridized carbons (Fsp3) is 0. The molecule has 18 heavy (non-hydrogen) atoms. The minimum absolute atomic E-state index is 0.149. The van der Waals surface area contributed by atoms with Gasteiger partial charge in [-0.1, -0.05) is 23.2 Å². The van der Waals surface area contributed by atoms with E-state index < -0.39 is 0 Å². The van der Waals surface area contributed by atoms with Crippen LogP contribution in [0.1, 0.15) is 0 Å². The Morgan fingerprint density at radius 3 is 2.67 bits per heavy atom. The van der Waals surface area contributed by atoms with Crippen LogP contribution in [0.4, 0.5) is 21.7 Å². The quantitative estimate of drug-likeness (QED) is 0.831. The van der Waals surface area contributed by atoms with E-state index in [2.05, 4.69) is 26.2 Å². The van der Waals surface area contributed by atoms with E-state index in [1.807, 2.05) is 0 Å². The summed E-state index contributed by atoms with van der Waals surface area (Å²) >= 11 is 15.0. The van der Waals surface area contributed by atoms with Gasteiger partial charge >= 0.3 is 0 Å². The molecule has 1 aromatic heterocycles. The van der Waals surface area contributed by atoms with Crippen molar-refractivity contribution >= 4 is 56.5 Å². The van der Waals surface area contributed by atoms with E-state index in [0.717, 1.165) is 0 Å². The summed E-state index contributed by atoms with van der Waals surface area (Å²) in [6, 6.07) is 5.69. The molecule has 3 N–H and O–H groups in total. The third kappa shape index (κ3) is 2.85. The van der Waals surface area contributed by atoms with E-state index in [4.69, 9.17) is 28.9 Å². The summed E-state index contributed by atoms with van der Waals surface area (Å²) in [6.07, 6.45) is 0. The molecular weight excluding hydrogens is 344 g/mol. The van der Waals surface area contributed by atoms with Crippen LogP contribution in [0, 0.1) is 5.82 Å². The number of hydrogen-bond acceptors (Lipinski definition) is 3. The molecule has 0 fully saturated rings. The van der Waals surface area contributed by atoms with Gasteiger partial charge in [-0.05, 0) is 40.2 Å². The maximum atomic E-state index is 13.1. The Kier molecular flexibility index (Phi) is 3.94. The van der Waals surface area contributed by atoms with E-state index in [1.54, 1.807) is 6.07 Å². The number of nitrogen functional groups attached to an aromatic ring is 1. The number of aromatic nitrogens is 1. The molecule has 0 amide bonds. The van der Waals surface area contributed by atoms with Gasteiger partial charge in [0.25, 0.3) is 0 Å². The monoisotopic (exact) mass is 349 g/mol. The topological polar surface area (TPSA) is 50.9 Å². The fourth-order valence-corrected chi connectivity index (χ4v) is 2.04. The number of halogens is 4. The molecule has 0 atom stereocenters. The Balaban J connectivity index is 2.40. The standard InChI is InChI=1S/C11H7BrCl2FN3/c12-6-2-1-5(15)3-9(6)17-11-8(14)4-7(13)10(16)18-11/h1-4H,(H3,16,17,18). The Morgan fingerprint density at radius 1 is 1.22 bits per heavy atom. The van der Waals surface area contributed by atoms with Crippen LogP contribution in [0.2, 0.25) is 10.0 Å². The van der Waals surface area contributed by atoms with Crippen molar-refractivity contribution in [1.29, 1.82) is 0 Å². The van der Waals surface area contributed by atoms with Gasteiger partial charge in [-0.25, -0.2) is 9.37 Å². The average molecular weight is 351 g/mol. The van der Waals surface area contributed by atoms with Gasteiger partial charge in [0.1, 0.15) is 11.6 Å². The lowest BCUT2D eigenvalue weighted by atomic mass is 10.3. The van der Waals surface area contributed by atoms with E-state index in [9.17, 15) is 4.39 Å². The molecule has 0 aliphatic carbocycles. The first kappa shape index (κ1) is 13.4. The normalized spacial score (nSPS) is 10.4. The number of pyridine rings is 1. The summed E-state index contributed by atoms with van der Waals surface area (Å²) in [5.41, 5.74) is 6.08. The van der Waals surface area contributed by atoms with Crippen molar-refractivity contribution in [3.63, 3.8) is 0 Å². The molecule has 3 nitrogen and oxygen atoms in total. The zero-order chi connectivity index (χ0) is 13.3. The molecule has 94 valence electrons. The first-order valence-corrected chi connectivity index (χ1v) is 6.36. The number of nitrogens with two attached hydrogens (primary N) is 1. The van der Waals surface area contributed by atoms with Gasteiger partial charge in [0, 0.05) is 4.47 Å². The minimum atomic E-state index is -0.376. The van der Waals surface area contributed by atoms with Crippen LogP contribution < -0.4 is 11.1 Å². The van der Waals surface area contributed by atoms with Gasteiger partial charge in [0.2, 0.25) is 0 Å². The first-order chi connectivity index (χ1) is 8.47. The Labute approximate surface area is 121 Å². The Morgan fingerprint density at radius 2 is 1.94 bits per heavy atom. The third-order valence-electron chi connectivity index (χ3n) is 2.14. The van der Waals surface area contributed by atoms with Crippen molar-refractivity contribution < 1.29 is 4.39 Å². The lowest BCUT2D eigenvalue weighted by Gasteiger charge is -2.10. The molecule has 1 aromatic carbocycles. The van der Waals surface area contributed by atoms with Gasteiger partial charge in [-0.2, -0.15) is 0 Å². The van der Waals surface area contributed by atoms with Crippen LogP contribution in [-0.4, -0.2) is 4.98 Å². The average Bonchev–Trinajstić information content (AvgIpc) is 2.30. The van der Waals surface area contributed by atoms with Crippen molar-refractivity contribution in [1.82, 2.24) is 4.98 Å². The van der Waals surface area contributed by atoms with E-state index in [0.29, 0.717) is 21.0 Å². The molecule has 0 aliphatic rings. The van der Waals surface area contributed by atoms with Crippen LogP contribution in [-0.2, 0) is 0 Å². The van der Waals surface area contributed by atoms with Gasteiger partial charge in [-0.15, -0.1) is 0 Å². The summed E-state index contributed by atoms with van der Waals surface area (Å²) in [7, 11) is 0. The Bertz CT molecular complexity index is 607. The van der Waals surface area contributed by atoms with E-state index in [1.165, 1.54) is 18.2 Å². The molecule has 2 aromatic rings. The minimum Gasteiger partial charge on any atom is -0.382 e. The highest BCUT2D eigenvalue weighted by Crippen LogP contribution is 2.32. The molecule has 7 heteroatoms. The van der Waals surface area contributed by atoms with E-state index >= 15 is 0 Å². The zero-order valence-electron chi connectivity index (χ0n) is 8.85. The summed E-state index contributed by atoms with van der Waals surface area (Å²) in [5.74, 6) is 0.0831. The van der Waals surface area contributed by atoms with Crippen LogP contribution in [0.25, 0.3) is 0 Å². The maximum Gasteiger partial charge on any atom is 0.151 e. The van der Waals surface area contributed by atoms with Gasteiger partial charge in [0.05, 0.1) is 15.7 Å². The molecule has 0 saturated carbocycles. The number of nitrogens with one attached hydrogen (secondary N) is 1. The van der Waals surface area contributed by atoms with Crippen molar-refractivity contribution in [3.05, 3.63) is 44.6 Å². The largest absolute Gasteiger partial charge is 0.382 e. The number of hydrogen-bond donors (Lipinski definition) is 2. The van der Waals surface area contributed by atoms with Crippen LogP contribution in [0.5, 0.6) is 0 Å². The highest BCUT2D eigenvalue weighted by molar-refractivity contribution is 9.10. The summed E-state index contributed by atoms with van der Waals surface area (Å²) in [6.45, 7) is 0. The molecule has 0 aliphatic heterocycles. The van der Waals surface area contributed by atoms with Crippen LogP contribution in [0.3, 0.4) is 0 Å². The smallest absolute Gasteiger partial charge is 0.151 e. The molecule has 1 heterocycles. The first-order valence-electron chi connectivity index (χ1n) is 4.81. The zero-order valence-corrected chi connectivity index (χ0v) is 11.9. The molecule has 0 radical (unpaired) electrons. The van der Waals surface area contributed by atoms with Crippen molar-refractivity contribution in [2.24, 2.45) is 0 Å². The second kappa shape index (κ2) is 5.30. The molecule has 0 saturated heterocycles. The summed E-state index contributed by atoms with van der Waals surface area (Å²) in [5, 5.41) is 3.44. The number of benzene rings is 1. The predicted molar refractivity (Wildman–Crippen MR) is 76.1 cm³/mol. The molecule has 0 spiro atoms. The van der Waals surface area contributed by atoms with Crippen molar-refractivity contribution in [3.8, 4) is 0 Å². The molecule has 2 rings (SSSR count). The lowest BCUT2D eigenvalue weighted by molar-refractivity contribution is 0.628. The van der Waals surface area contributed by atoms with Gasteiger partial charge in [-0.3, -0.25) is 0 Å². The highest BCUT2D eigenvalue weighted by atomic mass is 79.9. The second-order valence-electron chi connectivity index (χ2n) is 3.44. The number of rotatable bonds is 2. The third-order valence-corrected chi connectivity index (χ3v) is 3.42. The fourth-order valence-electron chi connectivity index (χ4n) is 1.29. The maximum absolute atomic E-state index is 13.1. The highest BCUT2D eigenvalue weighted by Gasteiger charge is 2.09. The van der Waals surface area contributed by atoms with Crippen LogP contribution >= 0.6 is 39.1 Å². The van der Waals surface area contributed by atoms with Crippen molar-refractivity contribution in [2.75, 3.05) is 11.1 Å². The predicted octanol–water partition coefficient (Wildman–Crippen LogP) is 4.62.